The highest BCUT2D eigenvalue weighted by molar-refractivity contribution is 6.24. The van der Waals surface area contributed by atoms with Gasteiger partial charge in [-0.05, 0) is 36.4 Å². The van der Waals surface area contributed by atoms with Gasteiger partial charge in [-0.25, -0.2) is 0 Å². The molecule has 0 aliphatic rings. The van der Waals surface area contributed by atoms with Gasteiger partial charge in [0.1, 0.15) is 12.1 Å². The molecule has 0 aliphatic heterocycles. The second kappa shape index (κ2) is 9.38. The fourth-order valence-corrected chi connectivity index (χ4v) is 6.17. The van der Waals surface area contributed by atoms with Gasteiger partial charge < -0.3 is 9.13 Å². The molecule has 2 aromatic heterocycles. The Labute approximate surface area is 244 Å². The van der Waals surface area contributed by atoms with Gasteiger partial charge >= 0.3 is 12.4 Å². The van der Waals surface area contributed by atoms with Crippen LogP contribution in [0.4, 0.5) is 26.3 Å². The van der Waals surface area contributed by atoms with Crippen LogP contribution in [0.3, 0.4) is 0 Å². The van der Waals surface area contributed by atoms with Crippen molar-refractivity contribution < 1.29 is 26.3 Å². The summed E-state index contributed by atoms with van der Waals surface area (Å²) < 4.78 is 90.1. The molecule has 5 aromatic carbocycles. The molecule has 0 amide bonds. The molecular formula is C34H16F6N4. The minimum atomic E-state index is -5.13. The van der Waals surface area contributed by atoms with Crippen LogP contribution in [0.1, 0.15) is 22.3 Å². The van der Waals surface area contributed by atoms with E-state index in [2.05, 4.69) is 12.1 Å². The highest BCUT2D eigenvalue weighted by atomic mass is 19.4. The molecule has 0 bridgehead atoms. The van der Waals surface area contributed by atoms with Gasteiger partial charge in [-0.1, -0.05) is 60.7 Å². The van der Waals surface area contributed by atoms with Crippen LogP contribution in [0, 0.1) is 22.7 Å². The molecule has 0 N–H and O–H groups in total. The molecule has 0 unspecified atom stereocenters. The lowest BCUT2D eigenvalue weighted by molar-refractivity contribution is -0.142. The molecule has 0 fully saturated rings. The quantitative estimate of drug-likeness (QED) is 0.187. The molecule has 7 aromatic rings. The van der Waals surface area contributed by atoms with Crippen molar-refractivity contribution in [1.82, 2.24) is 9.13 Å². The molecule has 4 nitrogen and oxygen atoms in total. The monoisotopic (exact) mass is 594 g/mol. The third-order valence-corrected chi connectivity index (χ3v) is 7.84. The second-order valence-electron chi connectivity index (χ2n) is 10.2. The van der Waals surface area contributed by atoms with Crippen LogP contribution in [0.2, 0.25) is 0 Å². The van der Waals surface area contributed by atoms with Crippen molar-refractivity contribution >= 4 is 43.6 Å². The standard InChI is InChI=1S/C34H16F6N4/c35-33(36,37)25-11-6-12-26(34(38,39)40)32(25)44-28-14-4-2-10-22(28)24-16-15-23-21-9-1-3-13-27(21)43(30(23)31(24)44)29-19(17-41)7-5-8-20(29)18-42/h1-16H. The predicted octanol–water partition coefficient (Wildman–Crippen LogP) is 9.66. The summed E-state index contributed by atoms with van der Waals surface area (Å²) in [4.78, 5) is 0. The first-order valence-electron chi connectivity index (χ1n) is 13.2. The van der Waals surface area contributed by atoms with E-state index in [9.17, 15) is 36.9 Å². The largest absolute Gasteiger partial charge is 0.418 e. The van der Waals surface area contributed by atoms with Crippen LogP contribution >= 0.6 is 0 Å². The summed E-state index contributed by atoms with van der Waals surface area (Å²) in [5, 5.41) is 22.1. The molecule has 10 heteroatoms. The molecule has 2 heterocycles. The molecule has 0 spiro atoms. The SMILES string of the molecule is N#Cc1cccc(C#N)c1-n1c2ccccc2c2ccc3c4ccccc4n(-c4c(C(F)(F)F)cccc4C(F)(F)F)c3c21. The predicted molar refractivity (Wildman–Crippen MR) is 155 cm³/mol. The van der Waals surface area contributed by atoms with Gasteiger partial charge in [-0.2, -0.15) is 36.9 Å². The van der Waals surface area contributed by atoms with Crippen LogP contribution < -0.4 is 0 Å². The number of hydrogen-bond acceptors (Lipinski definition) is 2. The van der Waals surface area contributed by atoms with E-state index in [1.807, 2.05) is 0 Å². The van der Waals surface area contributed by atoms with Crippen molar-refractivity contribution in [2.45, 2.75) is 12.4 Å². The Bertz CT molecular complexity index is 2330. The molecular weight excluding hydrogens is 578 g/mol. The summed E-state index contributed by atoms with van der Waals surface area (Å²) in [6.45, 7) is 0. The molecule has 214 valence electrons. The maximum atomic E-state index is 14.6. The Kier molecular flexibility index (Phi) is 5.78. The topological polar surface area (TPSA) is 57.4 Å². The minimum Gasteiger partial charge on any atom is -0.306 e. The lowest BCUT2D eigenvalue weighted by atomic mass is 10.0. The van der Waals surface area contributed by atoms with Crippen LogP contribution in [0.5, 0.6) is 0 Å². The zero-order chi connectivity index (χ0) is 31.0. The van der Waals surface area contributed by atoms with Crippen molar-refractivity contribution in [3.63, 3.8) is 0 Å². The Morgan fingerprint density at radius 1 is 0.455 bits per heavy atom. The smallest absolute Gasteiger partial charge is 0.306 e. The number of aromatic nitrogens is 2. The second-order valence-corrected chi connectivity index (χ2v) is 10.2. The number of nitrogens with zero attached hydrogens (tertiary/aromatic N) is 4. The number of fused-ring (bicyclic) bond motifs is 7. The summed E-state index contributed by atoms with van der Waals surface area (Å²) in [6, 6.07) is 27.5. The first-order valence-corrected chi connectivity index (χ1v) is 13.2. The fourth-order valence-electron chi connectivity index (χ4n) is 6.17. The average molecular weight is 595 g/mol. The van der Waals surface area contributed by atoms with E-state index >= 15 is 0 Å². The number of alkyl halides is 6. The number of para-hydroxylation sites is 4. The lowest BCUT2D eigenvalue weighted by Gasteiger charge is -2.21. The summed E-state index contributed by atoms with van der Waals surface area (Å²) in [5.41, 5.74) is -2.60. The zero-order valence-corrected chi connectivity index (χ0v) is 22.3. The van der Waals surface area contributed by atoms with Gasteiger partial charge in [0.25, 0.3) is 0 Å². The maximum Gasteiger partial charge on any atom is 0.418 e. The first-order chi connectivity index (χ1) is 21.1. The van der Waals surface area contributed by atoms with Crippen molar-refractivity contribution in [2.24, 2.45) is 0 Å². The third-order valence-electron chi connectivity index (χ3n) is 7.84. The average Bonchev–Trinajstić information content (AvgIpc) is 3.52. The summed E-state index contributed by atoms with van der Waals surface area (Å²) >= 11 is 0. The van der Waals surface area contributed by atoms with E-state index in [4.69, 9.17) is 0 Å². The van der Waals surface area contributed by atoms with Gasteiger partial charge in [0.2, 0.25) is 0 Å². The number of halogens is 6. The number of nitriles is 2. The lowest BCUT2D eigenvalue weighted by Crippen LogP contribution is -2.18. The van der Waals surface area contributed by atoms with Crippen LogP contribution in [-0.4, -0.2) is 9.13 Å². The Balaban J connectivity index is 1.84. The molecule has 0 aliphatic carbocycles. The van der Waals surface area contributed by atoms with Gasteiger partial charge in [-0.3, -0.25) is 0 Å². The van der Waals surface area contributed by atoms with Crippen LogP contribution in [0.15, 0.2) is 97.1 Å². The van der Waals surface area contributed by atoms with Crippen molar-refractivity contribution in [3.8, 4) is 23.5 Å². The van der Waals surface area contributed by atoms with Gasteiger partial charge in [0.15, 0.2) is 0 Å². The maximum absolute atomic E-state index is 14.6. The van der Waals surface area contributed by atoms with Crippen molar-refractivity contribution in [1.29, 1.82) is 10.5 Å². The normalized spacial score (nSPS) is 12.3. The summed E-state index contributed by atoms with van der Waals surface area (Å²) in [7, 11) is 0. The van der Waals surface area contributed by atoms with E-state index in [0.717, 1.165) is 10.6 Å². The molecule has 7 rings (SSSR count). The number of hydrogen-bond donors (Lipinski definition) is 0. The van der Waals surface area contributed by atoms with E-state index in [1.165, 1.54) is 24.3 Å². The fraction of sp³-hybridized carbons (Fsp3) is 0.0588. The van der Waals surface area contributed by atoms with Crippen molar-refractivity contribution in [2.75, 3.05) is 0 Å². The minimum absolute atomic E-state index is 0.0683. The molecule has 44 heavy (non-hydrogen) atoms. The van der Waals surface area contributed by atoms with E-state index in [1.54, 1.807) is 59.2 Å². The Hall–Kier alpha value is -5.74. The molecule has 0 radical (unpaired) electrons. The first kappa shape index (κ1) is 27.1. The molecule has 0 atom stereocenters. The molecule has 0 saturated heterocycles. The number of benzene rings is 5. The van der Waals surface area contributed by atoms with Crippen molar-refractivity contribution in [3.05, 3.63) is 119 Å². The Morgan fingerprint density at radius 3 is 1.30 bits per heavy atom. The van der Waals surface area contributed by atoms with Gasteiger partial charge in [0.05, 0.1) is 55.7 Å². The zero-order valence-electron chi connectivity index (χ0n) is 22.3. The summed E-state index contributed by atoms with van der Waals surface area (Å²) in [6.07, 6.45) is -10.3. The van der Waals surface area contributed by atoms with Gasteiger partial charge in [-0.15, -0.1) is 0 Å². The molecule has 0 saturated carbocycles. The highest BCUT2D eigenvalue weighted by Crippen LogP contribution is 2.47. The van der Waals surface area contributed by atoms with E-state index in [-0.39, 0.29) is 33.4 Å². The third kappa shape index (κ3) is 3.78. The highest BCUT2D eigenvalue weighted by Gasteiger charge is 2.42. The number of rotatable bonds is 2. The Morgan fingerprint density at radius 2 is 0.864 bits per heavy atom. The van der Waals surface area contributed by atoms with Crippen LogP contribution in [-0.2, 0) is 12.4 Å². The summed E-state index contributed by atoms with van der Waals surface area (Å²) in [5.74, 6) is 0. The van der Waals surface area contributed by atoms with Gasteiger partial charge in [0, 0.05) is 21.5 Å². The van der Waals surface area contributed by atoms with E-state index in [0.29, 0.717) is 39.2 Å². The van der Waals surface area contributed by atoms with E-state index < -0.39 is 29.2 Å². The van der Waals surface area contributed by atoms with Crippen LogP contribution in [0.25, 0.3) is 55.0 Å².